The number of ether oxygens (including phenoxy) is 1. The van der Waals surface area contributed by atoms with Crippen molar-refractivity contribution in [1.29, 1.82) is 0 Å². The van der Waals surface area contributed by atoms with Gasteiger partial charge in [-0.25, -0.2) is 25.0 Å². The van der Waals surface area contributed by atoms with Crippen LogP contribution in [0.5, 0.6) is 0 Å². The average Bonchev–Trinajstić information content (AvgIpc) is 3.72. The molecule has 0 atom stereocenters. The number of nitrogens with one attached hydrogen (secondary N) is 2. The fourth-order valence-electron chi connectivity index (χ4n) is 4.18. The molecule has 0 aliphatic heterocycles. The highest BCUT2D eigenvalue weighted by molar-refractivity contribution is 7.86. The van der Waals surface area contributed by atoms with E-state index in [1.807, 2.05) is 79.1 Å². The number of aryl methyl sites for hydroxylation is 3. The lowest BCUT2D eigenvalue weighted by molar-refractivity contribution is -0.157. The lowest BCUT2D eigenvalue weighted by Gasteiger charge is -2.22. The standard InChI is InChI=1S/C15H20N4O2S.C13H18O5S.C10H11N3S.CH4/c1-10-13(19(5)14(20)18-21-15(2,3)4)22-12(17-10)11-7-6-8-16-9-11;1-10-5-7-11(8-6-10)19(15,16)17-9-12(14)18-13(2,3)4;1-7-9(11-2)14-10(13-7)8-4-3-5-12-6-8;/h6-9H,1-5H3,(H,18,20);5-8H,9H2,1-4H3;3-6,11H,1-2H3;1H4. The highest BCUT2D eigenvalue weighted by atomic mass is 32.2. The topological polar surface area (TPSA) is 175 Å². The van der Waals surface area contributed by atoms with Gasteiger partial charge in [0.05, 0.1) is 21.9 Å². The van der Waals surface area contributed by atoms with Crippen LogP contribution in [0.15, 0.2) is 78.2 Å². The molecule has 0 aliphatic rings. The zero-order valence-corrected chi connectivity index (χ0v) is 35.4. The van der Waals surface area contributed by atoms with Crippen LogP contribution in [0.4, 0.5) is 14.8 Å². The SMILES string of the molecule is C.CNc1sc(-c2cccnc2)nc1C.Cc1ccc(S(=O)(=O)OCC(=O)OC(C)(C)C)cc1.Cc1nc(-c2cccnc2)sc1N(C)C(=O)NOC(C)(C)C. The number of carbonyl (C=O) groups excluding carboxylic acids is 2. The van der Waals surface area contributed by atoms with E-state index in [0.29, 0.717) is 0 Å². The molecule has 4 aromatic heterocycles. The van der Waals surface area contributed by atoms with Crippen LogP contribution < -0.4 is 15.7 Å². The summed E-state index contributed by atoms with van der Waals surface area (Å²) in [6.45, 7) is 15.8. The normalized spacial score (nSPS) is 11.1. The summed E-state index contributed by atoms with van der Waals surface area (Å²) >= 11 is 3.09. The Kier molecular flexibility index (Phi) is 17.7. The van der Waals surface area contributed by atoms with Gasteiger partial charge in [0, 0.05) is 50.0 Å². The molecule has 0 saturated heterocycles. The van der Waals surface area contributed by atoms with E-state index in [9.17, 15) is 18.0 Å². The summed E-state index contributed by atoms with van der Waals surface area (Å²) in [5.41, 5.74) is 6.10. The lowest BCUT2D eigenvalue weighted by atomic mass is 10.2. The van der Waals surface area contributed by atoms with Crippen LogP contribution in [0.25, 0.3) is 21.1 Å². The maximum Gasteiger partial charge on any atom is 0.346 e. The summed E-state index contributed by atoms with van der Waals surface area (Å²) in [5, 5.41) is 6.85. The number of rotatable bonds is 9. The van der Waals surface area contributed by atoms with Gasteiger partial charge < -0.3 is 10.1 Å². The van der Waals surface area contributed by atoms with Gasteiger partial charge >= 0.3 is 12.0 Å². The van der Waals surface area contributed by atoms with Crippen LogP contribution in [0.2, 0.25) is 0 Å². The van der Waals surface area contributed by atoms with Crippen molar-refractivity contribution in [2.75, 3.05) is 30.9 Å². The Balaban J connectivity index is 0.000000294. The fourth-order valence-corrected chi connectivity index (χ4v) is 6.96. The molecule has 0 radical (unpaired) electrons. The molecular weight excluding hydrogens is 775 g/mol. The highest BCUT2D eigenvalue weighted by Crippen LogP contribution is 2.34. The highest BCUT2D eigenvalue weighted by Gasteiger charge is 2.22. The van der Waals surface area contributed by atoms with Gasteiger partial charge in [0.25, 0.3) is 10.1 Å². The molecule has 0 bridgehead atoms. The van der Waals surface area contributed by atoms with E-state index in [1.54, 1.807) is 69.9 Å². The van der Waals surface area contributed by atoms with E-state index in [2.05, 4.69) is 34.9 Å². The number of amides is 2. The number of esters is 1. The van der Waals surface area contributed by atoms with E-state index in [0.717, 1.165) is 48.1 Å². The Labute approximate surface area is 338 Å². The summed E-state index contributed by atoms with van der Waals surface area (Å²) < 4.78 is 33.2. The molecule has 304 valence electrons. The predicted octanol–water partition coefficient (Wildman–Crippen LogP) is 8.62. The minimum absolute atomic E-state index is 0. The van der Waals surface area contributed by atoms with E-state index in [1.165, 1.54) is 28.4 Å². The predicted molar refractivity (Wildman–Crippen MR) is 224 cm³/mol. The van der Waals surface area contributed by atoms with Crippen LogP contribution in [-0.2, 0) is 28.7 Å². The summed E-state index contributed by atoms with van der Waals surface area (Å²) in [5.74, 6) is -0.719. The molecule has 4 heterocycles. The molecule has 14 nitrogen and oxygen atoms in total. The number of pyridine rings is 2. The van der Waals surface area contributed by atoms with Crippen molar-refractivity contribution in [3.63, 3.8) is 0 Å². The van der Waals surface area contributed by atoms with Crippen LogP contribution in [0.1, 0.15) is 65.9 Å². The van der Waals surface area contributed by atoms with Crippen molar-refractivity contribution < 1.29 is 31.8 Å². The van der Waals surface area contributed by atoms with E-state index in [4.69, 9.17) is 9.57 Å². The van der Waals surface area contributed by atoms with Crippen LogP contribution in [-0.4, -0.2) is 72.3 Å². The second kappa shape index (κ2) is 20.9. The van der Waals surface area contributed by atoms with Gasteiger partial charge in [-0.05, 0) is 98.7 Å². The first-order valence-corrected chi connectivity index (χ1v) is 20.1. The van der Waals surface area contributed by atoms with Gasteiger partial charge in [-0.3, -0.25) is 23.9 Å². The number of thiazole rings is 2. The molecule has 1 aromatic carbocycles. The first-order chi connectivity index (χ1) is 25.7. The van der Waals surface area contributed by atoms with Crippen LogP contribution >= 0.6 is 22.7 Å². The van der Waals surface area contributed by atoms with E-state index < -0.39 is 33.9 Å². The quantitative estimate of drug-likeness (QED) is 0.0824. The fraction of sp³-hybridized carbons (Fsp3) is 0.385. The third-order valence-corrected chi connectivity index (χ3v) is 10.5. The number of anilines is 2. The molecule has 0 aliphatic carbocycles. The monoisotopic (exact) mass is 827 g/mol. The van der Waals surface area contributed by atoms with Crippen molar-refractivity contribution in [2.24, 2.45) is 0 Å². The summed E-state index contributed by atoms with van der Waals surface area (Å²) in [6.07, 6.45) is 7.07. The van der Waals surface area contributed by atoms with Gasteiger partial charge in [0.15, 0.2) is 6.61 Å². The molecular formula is C39H53N7O7S3. The smallest absolute Gasteiger partial charge is 0.346 e. The maximum atomic E-state index is 12.1. The number of aromatic nitrogens is 4. The van der Waals surface area contributed by atoms with Crippen molar-refractivity contribution in [1.82, 2.24) is 25.4 Å². The third kappa shape index (κ3) is 15.4. The molecule has 56 heavy (non-hydrogen) atoms. The summed E-state index contributed by atoms with van der Waals surface area (Å²) in [7, 11) is -0.329. The Morgan fingerprint density at radius 1 is 0.804 bits per heavy atom. The average molecular weight is 828 g/mol. The summed E-state index contributed by atoms with van der Waals surface area (Å²) in [6, 6.07) is 13.6. The number of nitrogens with zero attached hydrogens (tertiary/aromatic N) is 5. The zero-order valence-electron chi connectivity index (χ0n) is 33.0. The van der Waals surface area contributed by atoms with Gasteiger partial charge in [0.1, 0.15) is 25.6 Å². The number of urea groups is 1. The third-order valence-electron chi connectivity index (χ3n) is 6.73. The van der Waals surface area contributed by atoms with Crippen molar-refractivity contribution >= 4 is 54.8 Å². The Morgan fingerprint density at radius 2 is 1.34 bits per heavy atom. The van der Waals surface area contributed by atoms with Crippen molar-refractivity contribution in [2.45, 2.75) is 85.8 Å². The molecule has 2 N–H and O–H groups in total. The number of hydrogen-bond donors (Lipinski definition) is 2. The summed E-state index contributed by atoms with van der Waals surface area (Å²) in [4.78, 5) is 47.5. The van der Waals surface area contributed by atoms with Gasteiger partial charge in [-0.1, -0.05) is 47.8 Å². The van der Waals surface area contributed by atoms with Gasteiger partial charge in [-0.15, -0.1) is 0 Å². The molecule has 0 saturated carbocycles. The van der Waals surface area contributed by atoms with Crippen molar-refractivity contribution in [3.8, 4) is 21.1 Å². The molecule has 0 spiro atoms. The van der Waals surface area contributed by atoms with Crippen LogP contribution in [0, 0.1) is 20.8 Å². The molecule has 0 fully saturated rings. The van der Waals surface area contributed by atoms with Gasteiger partial charge in [-0.2, -0.15) is 8.42 Å². The molecule has 5 aromatic rings. The second-order valence-corrected chi connectivity index (χ2v) is 17.5. The Bertz CT molecular complexity index is 2090. The van der Waals surface area contributed by atoms with Crippen LogP contribution in [0.3, 0.4) is 0 Å². The molecule has 5 rings (SSSR count). The molecule has 17 heteroatoms. The largest absolute Gasteiger partial charge is 0.458 e. The number of hydroxylamine groups is 1. The Morgan fingerprint density at radius 3 is 1.80 bits per heavy atom. The molecule has 0 unspecified atom stereocenters. The second-order valence-electron chi connectivity index (χ2n) is 13.9. The van der Waals surface area contributed by atoms with Crippen molar-refractivity contribution in [3.05, 3.63) is 90.3 Å². The first kappa shape index (κ1) is 47.3. The van der Waals surface area contributed by atoms with Gasteiger partial charge in [0.2, 0.25) is 0 Å². The minimum atomic E-state index is -3.93. The van der Waals surface area contributed by atoms with E-state index in [-0.39, 0.29) is 18.4 Å². The van der Waals surface area contributed by atoms with E-state index >= 15 is 0 Å². The number of carbonyl (C=O) groups is 2. The number of hydrogen-bond acceptors (Lipinski definition) is 14. The molecule has 2 amide bonds. The zero-order chi connectivity index (χ0) is 41.0. The maximum absolute atomic E-state index is 12.1. The lowest BCUT2D eigenvalue weighted by Crippen LogP contribution is -2.41. The first-order valence-electron chi connectivity index (χ1n) is 17.0. The number of benzene rings is 1. The Hall–Kier alpha value is -4.81. The minimum Gasteiger partial charge on any atom is -0.458 e.